The molecule has 1 saturated carbocycles. The smallest absolute Gasteiger partial charge is 0.126 e. The summed E-state index contributed by atoms with van der Waals surface area (Å²) in [6.07, 6.45) is 2.48. The third-order valence-electron chi connectivity index (χ3n) is 3.09. The van der Waals surface area contributed by atoms with Gasteiger partial charge in [0.2, 0.25) is 0 Å². The van der Waals surface area contributed by atoms with E-state index in [4.69, 9.17) is 0 Å². The highest BCUT2D eigenvalue weighted by molar-refractivity contribution is 5.38. The zero-order valence-corrected chi connectivity index (χ0v) is 9.10. The van der Waals surface area contributed by atoms with Crippen LogP contribution in [0.25, 0.3) is 0 Å². The average molecular weight is 192 g/mol. The molecule has 0 unspecified atom stereocenters. The molecule has 76 valence electrons. The van der Waals surface area contributed by atoms with Gasteiger partial charge in [-0.25, -0.2) is 4.39 Å². The molecule has 1 aromatic carbocycles. The van der Waals surface area contributed by atoms with Gasteiger partial charge in [-0.2, -0.15) is 0 Å². The Labute approximate surface area is 85.1 Å². The lowest BCUT2D eigenvalue weighted by Crippen LogP contribution is -1.96. The Morgan fingerprint density at radius 3 is 2.43 bits per heavy atom. The number of hydrogen-bond donors (Lipinski definition) is 0. The largest absolute Gasteiger partial charge is 0.207 e. The van der Waals surface area contributed by atoms with E-state index in [0.29, 0.717) is 11.8 Å². The van der Waals surface area contributed by atoms with Crippen molar-refractivity contribution >= 4 is 0 Å². The van der Waals surface area contributed by atoms with E-state index in [9.17, 15) is 4.39 Å². The van der Waals surface area contributed by atoms with E-state index in [1.807, 2.05) is 6.92 Å². The highest BCUT2D eigenvalue weighted by Gasteiger charge is 2.26. The number of hydrogen-bond acceptors (Lipinski definition) is 0. The molecule has 1 aromatic rings. The Kier molecular flexibility index (Phi) is 2.34. The fourth-order valence-corrected chi connectivity index (χ4v) is 1.87. The fraction of sp³-hybridized carbons (Fsp3) is 0.538. The van der Waals surface area contributed by atoms with Gasteiger partial charge in [0.1, 0.15) is 5.82 Å². The molecule has 0 nitrogen and oxygen atoms in total. The van der Waals surface area contributed by atoms with Gasteiger partial charge >= 0.3 is 0 Å². The van der Waals surface area contributed by atoms with Crippen LogP contribution in [0.1, 0.15) is 55.2 Å². The van der Waals surface area contributed by atoms with Crippen LogP contribution < -0.4 is 0 Å². The highest BCUT2D eigenvalue weighted by atomic mass is 19.1. The predicted molar refractivity (Wildman–Crippen MR) is 57.2 cm³/mol. The van der Waals surface area contributed by atoms with Crippen molar-refractivity contribution in [3.8, 4) is 0 Å². The summed E-state index contributed by atoms with van der Waals surface area (Å²) in [5.41, 5.74) is 3.24. The lowest BCUT2D eigenvalue weighted by molar-refractivity contribution is 0.610. The summed E-state index contributed by atoms with van der Waals surface area (Å²) in [6, 6.07) is 3.88. The van der Waals surface area contributed by atoms with Gasteiger partial charge in [0, 0.05) is 0 Å². The van der Waals surface area contributed by atoms with Crippen LogP contribution in [0.3, 0.4) is 0 Å². The van der Waals surface area contributed by atoms with Crippen LogP contribution in [-0.2, 0) is 0 Å². The van der Waals surface area contributed by atoms with E-state index < -0.39 is 0 Å². The molecule has 1 fully saturated rings. The highest BCUT2D eigenvalue weighted by Crippen LogP contribution is 2.42. The zero-order chi connectivity index (χ0) is 10.3. The van der Waals surface area contributed by atoms with Crippen LogP contribution in [0.5, 0.6) is 0 Å². The lowest BCUT2D eigenvalue weighted by atomic mass is 9.95. The molecule has 1 heteroatoms. The van der Waals surface area contributed by atoms with E-state index in [2.05, 4.69) is 19.9 Å². The van der Waals surface area contributed by atoms with Crippen LogP contribution in [0.2, 0.25) is 0 Å². The van der Waals surface area contributed by atoms with E-state index in [1.165, 1.54) is 18.4 Å². The number of rotatable bonds is 2. The summed E-state index contributed by atoms with van der Waals surface area (Å²) in [7, 11) is 0. The van der Waals surface area contributed by atoms with Gasteiger partial charge in [-0.3, -0.25) is 0 Å². The first-order valence-corrected chi connectivity index (χ1v) is 5.39. The maximum atomic E-state index is 13.6. The molecule has 0 atom stereocenters. The predicted octanol–water partition coefficient (Wildman–Crippen LogP) is 4.13. The van der Waals surface area contributed by atoms with Gasteiger partial charge < -0.3 is 0 Å². The monoisotopic (exact) mass is 192 g/mol. The summed E-state index contributed by atoms with van der Waals surface area (Å²) < 4.78 is 13.6. The van der Waals surface area contributed by atoms with Crippen molar-refractivity contribution in [2.24, 2.45) is 0 Å². The molecular weight excluding hydrogens is 175 g/mol. The Morgan fingerprint density at radius 2 is 1.93 bits per heavy atom. The number of halogens is 1. The van der Waals surface area contributed by atoms with Gasteiger partial charge in [-0.1, -0.05) is 19.9 Å². The van der Waals surface area contributed by atoms with Gasteiger partial charge in [0.15, 0.2) is 0 Å². The Bertz CT molecular complexity index is 348. The van der Waals surface area contributed by atoms with Gasteiger partial charge in [0.05, 0.1) is 0 Å². The molecule has 0 amide bonds. The molecule has 0 aliphatic heterocycles. The molecule has 14 heavy (non-hydrogen) atoms. The van der Waals surface area contributed by atoms with Crippen molar-refractivity contribution in [3.63, 3.8) is 0 Å². The van der Waals surface area contributed by atoms with Gasteiger partial charge in [-0.15, -0.1) is 0 Å². The zero-order valence-electron chi connectivity index (χ0n) is 9.10. The van der Waals surface area contributed by atoms with Crippen LogP contribution >= 0.6 is 0 Å². The van der Waals surface area contributed by atoms with Crippen molar-refractivity contribution in [3.05, 3.63) is 34.6 Å². The summed E-state index contributed by atoms with van der Waals surface area (Å²) in [5, 5.41) is 0. The molecule has 0 spiro atoms. The summed E-state index contributed by atoms with van der Waals surface area (Å²) in [6.45, 7) is 6.12. The molecule has 0 saturated heterocycles. The summed E-state index contributed by atoms with van der Waals surface area (Å²) in [5.74, 6) is 1.03. The van der Waals surface area contributed by atoms with Crippen LogP contribution in [0, 0.1) is 12.7 Å². The van der Waals surface area contributed by atoms with Crippen molar-refractivity contribution in [1.82, 2.24) is 0 Å². The van der Waals surface area contributed by atoms with E-state index in [0.717, 1.165) is 11.1 Å². The SMILES string of the molecule is Cc1c(F)cc(C(C)C)cc1C1CC1. The standard InChI is InChI=1S/C13H17F/c1-8(2)11-6-12(10-4-5-10)9(3)13(14)7-11/h6-8,10H,4-5H2,1-3H3. The molecule has 0 bridgehead atoms. The van der Waals surface area contributed by atoms with E-state index in [1.54, 1.807) is 6.07 Å². The Hall–Kier alpha value is -0.850. The second-order valence-electron chi connectivity index (χ2n) is 4.65. The van der Waals surface area contributed by atoms with E-state index >= 15 is 0 Å². The van der Waals surface area contributed by atoms with Crippen LogP contribution in [-0.4, -0.2) is 0 Å². The van der Waals surface area contributed by atoms with Crippen LogP contribution in [0.15, 0.2) is 12.1 Å². The second-order valence-corrected chi connectivity index (χ2v) is 4.65. The Balaban J connectivity index is 2.46. The average Bonchev–Trinajstić information content (AvgIpc) is 2.92. The summed E-state index contributed by atoms with van der Waals surface area (Å²) >= 11 is 0. The van der Waals surface area contributed by atoms with Crippen molar-refractivity contribution in [1.29, 1.82) is 0 Å². The quantitative estimate of drug-likeness (QED) is 0.660. The maximum Gasteiger partial charge on any atom is 0.126 e. The minimum Gasteiger partial charge on any atom is -0.207 e. The third kappa shape index (κ3) is 1.68. The first kappa shape index (κ1) is 9.70. The fourth-order valence-electron chi connectivity index (χ4n) is 1.87. The molecule has 0 aromatic heterocycles. The summed E-state index contributed by atoms with van der Waals surface area (Å²) in [4.78, 5) is 0. The minimum atomic E-state index is -0.0295. The molecule has 1 aliphatic carbocycles. The topological polar surface area (TPSA) is 0 Å². The van der Waals surface area contributed by atoms with Crippen molar-refractivity contribution in [2.75, 3.05) is 0 Å². The Morgan fingerprint density at radius 1 is 1.29 bits per heavy atom. The molecule has 0 N–H and O–H groups in total. The molecule has 0 heterocycles. The first-order valence-electron chi connectivity index (χ1n) is 5.39. The van der Waals surface area contributed by atoms with Gasteiger partial charge in [0.25, 0.3) is 0 Å². The van der Waals surface area contributed by atoms with Crippen molar-refractivity contribution in [2.45, 2.75) is 45.4 Å². The molecule has 0 radical (unpaired) electrons. The lowest BCUT2D eigenvalue weighted by Gasteiger charge is -2.11. The van der Waals surface area contributed by atoms with Crippen LogP contribution in [0.4, 0.5) is 4.39 Å². The second kappa shape index (κ2) is 3.38. The minimum absolute atomic E-state index is 0.0295. The van der Waals surface area contributed by atoms with E-state index in [-0.39, 0.29) is 5.82 Å². The molecule has 1 aliphatic rings. The van der Waals surface area contributed by atoms with Crippen molar-refractivity contribution < 1.29 is 4.39 Å². The maximum absolute atomic E-state index is 13.6. The molecular formula is C13H17F. The normalized spacial score (nSPS) is 16.4. The number of benzene rings is 1. The first-order chi connectivity index (χ1) is 6.59. The third-order valence-corrected chi connectivity index (χ3v) is 3.09. The van der Waals surface area contributed by atoms with Gasteiger partial charge in [-0.05, 0) is 54.4 Å². The molecule has 2 rings (SSSR count).